The minimum Gasteiger partial charge on any atom is -0.367 e. The Bertz CT molecular complexity index is 361. The number of aromatic nitrogens is 2. The van der Waals surface area contributed by atoms with Crippen LogP contribution in [-0.4, -0.2) is 16.0 Å². The van der Waals surface area contributed by atoms with Gasteiger partial charge in [0.25, 0.3) is 0 Å². The van der Waals surface area contributed by atoms with Gasteiger partial charge in [0.1, 0.15) is 16.8 Å². The Balaban J connectivity index is 2.08. The lowest BCUT2D eigenvalue weighted by Gasteiger charge is -2.31. The highest BCUT2D eigenvalue weighted by Gasteiger charge is 2.23. The van der Waals surface area contributed by atoms with Crippen LogP contribution in [0.5, 0.6) is 0 Å². The van der Waals surface area contributed by atoms with Gasteiger partial charge in [0, 0.05) is 12.1 Å². The molecule has 1 saturated carbocycles. The Morgan fingerprint density at radius 1 is 1.35 bits per heavy atom. The fourth-order valence-electron chi connectivity index (χ4n) is 2.68. The molecule has 3 nitrogen and oxygen atoms in total. The molecule has 17 heavy (non-hydrogen) atoms. The van der Waals surface area contributed by atoms with Crippen molar-refractivity contribution in [3.63, 3.8) is 0 Å². The third-order valence-electron chi connectivity index (χ3n) is 3.57. The molecule has 94 valence electrons. The first-order chi connectivity index (χ1) is 8.19. The number of hydrogen-bond donors (Lipinski definition) is 1. The Morgan fingerprint density at radius 2 is 2.12 bits per heavy atom. The summed E-state index contributed by atoms with van der Waals surface area (Å²) in [5.74, 6) is 2.36. The van der Waals surface area contributed by atoms with Crippen molar-refractivity contribution in [1.82, 2.24) is 9.97 Å². The summed E-state index contributed by atoms with van der Waals surface area (Å²) in [6.07, 6.45) is 6.47. The number of nitrogens with one attached hydrogen (secondary N) is 1. The Hall–Kier alpha value is -0.830. The van der Waals surface area contributed by atoms with E-state index in [0.29, 0.717) is 11.2 Å². The van der Waals surface area contributed by atoms with Crippen LogP contribution in [0.25, 0.3) is 0 Å². The van der Waals surface area contributed by atoms with E-state index in [1.807, 2.05) is 13.0 Å². The third kappa shape index (κ3) is 3.32. The van der Waals surface area contributed by atoms with E-state index in [2.05, 4.69) is 22.2 Å². The summed E-state index contributed by atoms with van der Waals surface area (Å²) in [4.78, 5) is 8.47. The van der Waals surface area contributed by atoms with Gasteiger partial charge in [-0.25, -0.2) is 9.97 Å². The first-order valence-electron chi connectivity index (χ1n) is 6.46. The topological polar surface area (TPSA) is 37.8 Å². The highest BCUT2D eigenvalue weighted by molar-refractivity contribution is 6.29. The normalized spacial score (nSPS) is 24.6. The number of anilines is 1. The van der Waals surface area contributed by atoms with Crippen LogP contribution in [0.2, 0.25) is 5.15 Å². The van der Waals surface area contributed by atoms with Gasteiger partial charge in [-0.15, -0.1) is 0 Å². The molecule has 0 aliphatic heterocycles. The predicted molar refractivity (Wildman–Crippen MR) is 71.4 cm³/mol. The van der Waals surface area contributed by atoms with Gasteiger partial charge in [-0.2, -0.15) is 0 Å². The molecule has 0 bridgehead atoms. The van der Waals surface area contributed by atoms with Crippen LogP contribution in [0.1, 0.15) is 44.9 Å². The fourth-order valence-corrected chi connectivity index (χ4v) is 2.91. The van der Waals surface area contributed by atoms with Gasteiger partial charge in [0.05, 0.1) is 0 Å². The molecule has 4 heteroatoms. The zero-order valence-corrected chi connectivity index (χ0v) is 11.3. The smallest absolute Gasteiger partial charge is 0.134 e. The molecular weight excluding hydrogens is 234 g/mol. The lowest BCUT2D eigenvalue weighted by molar-refractivity contribution is 0.317. The minimum atomic E-state index is 0.517. The Morgan fingerprint density at radius 3 is 2.82 bits per heavy atom. The number of rotatable bonds is 3. The average Bonchev–Trinajstić information content (AvgIpc) is 2.28. The van der Waals surface area contributed by atoms with Crippen molar-refractivity contribution in [2.24, 2.45) is 5.92 Å². The van der Waals surface area contributed by atoms with E-state index in [9.17, 15) is 0 Å². The van der Waals surface area contributed by atoms with Crippen LogP contribution in [0.4, 0.5) is 5.82 Å². The highest BCUT2D eigenvalue weighted by atomic mass is 35.5. The first-order valence-corrected chi connectivity index (χ1v) is 6.84. The molecule has 0 saturated heterocycles. The van der Waals surface area contributed by atoms with Gasteiger partial charge in [0.15, 0.2) is 0 Å². The van der Waals surface area contributed by atoms with Crippen LogP contribution < -0.4 is 5.32 Å². The third-order valence-corrected chi connectivity index (χ3v) is 3.77. The Kier molecular flexibility index (Phi) is 4.21. The van der Waals surface area contributed by atoms with Crippen LogP contribution in [-0.2, 0) is 0 Å². The van der Waals surface area contributed by atoms with Gasteiger partial charge in [-0.1, -0.05) is 37.8 Å². The quantitative estimate of drug-likeness (QED) is 0.833. The summed E-state index contributed by atoms with van der Waals surface area (Å²) in [5.41, 5.74) is 0. The molecule has 1 heterocycles. The molecule has 1 fully saturated rings. The van der Waals surface area contributed by atoms with Crippen LogP contribution in [0.15, 0.2) is 6.07 Å². The maximum Gasteiger partial charge on any atom is 0.134 e. The second-order valence-electron chi connectivity index (χ2n) is 4.83. The number of aryl methyl sites for hydroxylation is 1. The van der Waals surface area contributed by atoms with E-state index in [1.54, 1.807) is 0 Å². The van der Waals surface area contributed by atoms with Crippen molar-refractivity contribution in [2.45, 2.75) is 52.0 Å². The van der Waals surface area contributed by atoms with Crippen LogP contribution >= 0.6 is 11.6 Å². The summed E-state index contributed by atoms with van der Waals surface area (Å²) in [7, 11) is 0. The van der Waals surface area contributed by atoms with Crippen molar-refractivity contribution >= 4 is 17.4 Å². The van der Waals surface area contributed by atoms with Crippen molar-refractivity contribution in [1.29, 1.82) is 0 Å². The zero-order valence-electron chi connectivity index (χ0n) is 10.5. The standard InChI is InChI=1S/C13H20ClN3/c1-3-10-6-4-5-7-11(10)17-13-8-12(14)15-9(2)16-13/h8,10-11H,3-7H2,1-2H3,(H,15,16,17). The summed E-state index contributed by atoms with van der Waals surface area (Å²) >= 11 is 5.95. The van der Waals surface area contributed by atoms with Gasteiger partial charge in [0.2, 0.25) is 0 Å². The van der Waals surface area contributed by atoms with E-state index in [0.717, 1.165) is 17.6 Å². The molecule has 1 aromatic heterocycles. The molecule has 1 aliphatic carbocycles. The number of halogens is 1. The predicted octanol–water partition coefficient (Wildman–Crippen LogP) is 3.82. The molecule has 0 amide bonds. The van der Waals surface area contributed by atoms with Crippen LogP contribution in [0, 0.1) is 12.8 Å². The Labute approximate surface area is 108 Å². The maximum atomic E-state index is 5.95. The molecule has 1 N–H and O–H groups in total. The van der Waals surface area contributed by atoms with Crippen LogP contribution in [0.3, 0.4) is 0 Å². The van der Waals surface area contributed by atoms with Gasteiger partial charge in [-0.3, -0.25) is 0 Å². The van der Waals surface area contributed by atoms with E-state index < -0.39 is 0 Å². The monoisotopic (exact) mass is 253 g/mol. The van der Waals surface area contributed by atoms with E-state index in [1.165, 1.54) is 32.1 Å². The van der Waals surface area contributed by atoms with Crippen molar-refractivity contribution in [3.8, 4) is 0 Å². The molecule has 2 unspecified atom stereocenters. The van der Waals surface area contributed by atoms with Crippen molar-refractivity contribution in [2.75, 3.05) is 5.32 Å². The first kappa shape index (κ1) is 12.6. The van der Waals surface area contributed by atoms with Gasteiger partial charge < -0.3 is 5.32 Å². The summed E-state index contributed by atoms with van der Waals surface area (Å²) in [5, 5.41) is 4.05. The second-order valence-corrected chi connectivity index (χ2v) is 5.21. The lowest BCUT2D eigenvalue weighted by atomic mass is 9.83. The van der Waals surface area contributed by atoms with Crippen molar-refractivity contribution < 1.29 is 0 Å². The zero-order chi connectivity index (χ0) is 12.3. The van der Waals surface area contributed by atoms with Gasteiger partial charge >= 0.3 is 0 Å². The molecule has 1 aliphatic rings. The summed E-state index contributed by atoms with van der Waals surface area (Å²) < 4.78 is 0. The highest BCUT2D eigenvalue weighted by Crippen LogP contribution is 2.29. The second kappa shape index (κ2) is 5.67. The largest absolute Gasteiger partial charge is 0.367 e. The number of hydrogen-bond acceptors (Lipinski definition) is 3. The summed E-state index contributed by atoms with van der Waals surface area (Å²) in [6, 6.07) is 2.36. The molecule has 2 atom stereocenters. The average molecular weight is 254 g/mol. The number of nitrogens with zero attached hydrogens (tertiary/aromatic N) is 2. The maximum absolute atomic E-state index is 5.95. The molecule has 2 rings (SSSR count). The lowest BCUT2D eigenvalue weighted by Crippen LogP contribution is -2.32. The van der Waals surface area contributed by atoms with Crippen molar-refractivity contribution in [3.05, 3.63) is 17.0 Å². The SMILES string of the molecule is CCC1CCCCC1Nc1cc(Cl)nc(C)n1. The minimum absolute atomic E-state index is 0.517. The molecular formula is C13H20ClN3. The fraction of sp³-hybridized carbons (Fsp3) is 0.692. The van der Waals surface area contributed by atoms with E-state index in [4.69, 9.17) is 11.6 Å². The van der Waals surface area contributed by atoms with Gasteiger partial charge in [-0.05, 0) is 25.7 Å². The summed E-state index contributed by atoms with van der Waals surface area (Å²) in [6.45, 7) is 4.14. The molecule has 0 aromatic carbocycles. The van der Waals surface area contributed by atoms with E-state index in [-0.39, 0.29) is 0 Å². The molecule has 0 radical (unpaired) electrons. The molecule has 1 aromatic rings. The van der Waals surface area contributed by atoms with E-state index >= 15 is 0 Å². The molecule has 0 spiro atoms.